The average Bonchev–Trinajstić information content (AvgIpc) is 2.07. The van der Waals surface area contributed by atoms with E-state index in [9.17, 15) is 13.2 Å². The average molecular weight is 221 g/mol. The molecular weight excluding hydrogens is 211 g/mol. The van der Waals surface area contributed by atoms with Gasteiger partial charge in [0, 0.05) is 11.1 Å². The Hall–Kier alpha value is -0.710. The molecule has 0 fully saturated rings. The van der Waals surface area contributed by atoms with Gasteiger partial charge in [-0.1, -0.05) is 6.92 Å². The summed E-state index contributed by atoms with van der Waals surface area (Å²) in [5.74, 6) is 0.740. The van der Waals surface area contributed by atoms with Crippen LogP contribution < -0.4 is 0 Å². The molecule has 1 rings (SSSR count). The van der Waals surface area contributed by atoms with Gasteiger partial charge in [-0.15, -0.1) is 11.8 Å². The van der Waals surface area contributed by atoms with Crippen molar-refractivity contribution in [2.75, 3.05) is 5.75 Å². The molecule has 0 amide bonds. The van der Waals surface area contributed by atoms with Crippen LogP contribution in [0, 0.1) is 6.92 Å². The van der Waals surface area contributed by atoms with Gasteiger partial charge in [0.2, 0.25) is 0 Å². The zero-order valence-electron chi connectivity index (χ0n) is 7.85. The molecule has 14 heavy (non-hydrogen) atoms. The van der Waals surface area contributed by atoms with Crippen LogP contribution >= 0.6 is 11.8 Å². The first-order valence-electron chi connectivity index (χ1n) is 4.11. The summed E-state index contributed by atoms with van der Waals surface area (Å²) in [6, 6.07) is 1.15. The van der Waals surface area contributed by atoms with Crippen molar-refractivity contribution < 1.29 is 13.2 Å². The fourth-order valence-electron chi connectivity index (χ4n) is 0.970. The second-order valence-electron chi connectivity index (χ2n) is 2.74. The Balaban J connectivity index is 3.06. The number of nitrogens with zero attached hydrogens (tertiary/aromatic N) is 1. The predicted molar refractivity (Wildman–Crippen MR) is 50.4 cm³/mol. The lowest BCUT2D eigenvalue weighted by Crippen LogP contribution is -2.06. The zero-order valence-corrected chi connectivity index (χ0v) is 8.67. The highest BCUT2D eigenvalue weighted by Crippen LogP contribution is 2.32. The molecule has 0 unspecified atom stereocenters. The summed E-state index contributed by atoms with van der Waals surface area (Å²) in [5.41, 5.74) is -0.0381. The molecule has 1 aromatic heterocycles. The maximum Gasteiger partial charge on any atom is 0.417 e. The minimum Gasteiger partial charge on any atom is -0.260 e. The highest BCUT2D eigenvalue weighted by molar-refractivity contribution is 7.99. The Labute approximate surface area is 84.7 Å². The highest BCUT2D eigenvalue weighted by atomic mass is 32.2. The van der Waals surface area contributed by atoms with Crippen LogP contribution in [-0.2, 0) is 6.18 Å². The number of alkyl halides is 3. The van der Waals surface area contributed by atoms with Crippen molar-refractivity contribution >= 4 is 11.8 Å². The van der Waals surface area contributed by atoms with E-state index < -0.39 is 11.7 Å². The third-order valence-electron chi connectivity index (χ3n) is 1.67. The minimum absolute atomic E-state index is 0.599. The van der Waals surface area contributed by atoms with Gasteiger partial charge in [-0.25, -0.2) is 0 Å². The maximum absolute atomic E-state index is 12.3. The molecule has 0 aliphatic carbocycles. The molecular formula is C9H10F3NS. The molecule has 0 atom stereocenters. The molecule has 0 saturated carbocycles. The largest absolute Gasteiger partial charge is 0.417 e. The van der Waals surface area contributed by atoms with Gasteiger partial charge in [-0.05, 0) is 18.7 Å². The molecule has 0 N–H and O–H groups in total. The van der Waals surface area contributed by atoms with E-state index in [1.54, 1.807) is 6.92 Å². The molecule has 0 aliphatic heterocycles. The van der Waals surface area contributed by atoms with Gasteiger partial charge in [0.05, 0.1) is 11.3 Å². The normalized spacial score (nSPS) is 11.8. The van der Waals surface area contributed by atoms with Crippen molar-refractivity contribution in [1.29, 1.82) is 0 Å². The van der Waals surface area contributed by atoms with Crippen molar-refractivity contribution in [3.8, 4) is 0 Å². The van der Waals surface area contributed by atoms with E-state index in [0.29, 0.717) is 10.6 Å². The molecule has 0 saturated heterocycles. The van der Waals surface area contributed by atoms with E-state index in [-0.39, 0.29) is 0 Å². The topological polar surface area (TPSA) is 12.9 Å². The summed E-state index contributed by atoms with van der Waals surface area (Å²) >= 11 is 1.37. The van der Waals surface area contributed by atoms with E-state index >= 15 is 0 Å². The van der Waals surface area contributed by atoms with E-state index in [1.807, 2.05) is 6.92 Å². The van der Waals surface area contributed by atoms with Gasteiger partial charge in [-0.2, -0.15) is 13.2 Å². The van der Waals surface area contributed by atoms with Crippen molar-refractivity contribution in [3.05, 3.63) is 23.5 Å². The third-order valence-corrected chi connectivity index (χ3v) is 2.68. The fourth-order valence-corrected chi connectivity index (χ4v) is 1.75. The molecule has 0 radical (unpaired) electrons. The van der Waals surface area contributed by atoms with E-state index in [1.165, 1.54) is 11.8 Å². The molecule has 1 nitrogen and oxygen atoms in total. The second-order valence-corrected chi connectivity index (χ2v) is 4.04. The fraction of sp³-hybridized carbons (Fsp3) is 0.444. The molecule has 1 heterocycles. The maximum atomic E-state index is 12.3. The second kappa shape index (κ2) is 4.21. The molecule has 0 aromatic carbocycles. The lowest BCUT2D eigenvalue weighted by molar-refractivity contribution is -0.138. The van der Waals surface area contributed by atoms with E-state index in [0.717, 1.165) is 18.0 Å². The van der Waals surface area contributed by atoms with Gasteiger partial charge < -0.3 is 0 Å². The Kier molecular flexibility index (Phi) is 3.42. The Morgan fingerprint density at radius 1 is 1.43 bits per heavy atom. The quantitative estimate of drug-likeness (QED) is 0.709. The minimum atomic E-state index is -4.30. The summed E-state index contributed by atoms with van der Waals surface area (Å²) < 4.78 is 36.9. The Morgan fingerprint density at radius 2 is 2.07 bits per heavy atom. The molecule has 0 aliphatic rings. The molecule has 0 bridgehead atoms. The van der Waals surface area contributed by atoms with Gasteiger partial charge >= 0.3 is 6.18 Å². The summed E-state index contributed by atoms with van der Waals surface area (Å²) in [7, 11) is 0. The number of aromatic nitrogens is 1. The van der Waals surface area contributed by atoms with E-state index in [4.69, 9.17) is 0 Å². The first kappa shape index (κ1) is 11.4. The van der Waals surface area contributed by atoms with Gasteiger partial charge in [0.1, 0.15) is 0 Å². The number of halogens is 3. The third kappa shape index (κ3) is 2.64. The Morgan fingerprint density at radius 3 is 2.57 bits per heavy atom. The van der Waals surface area contributed by atoms with Crippen LogP contribution in [0.25, 0.3) is 0 Å². The lowest BCUT2D eigenvalue weighted by Gasteiger charge is -2.09. The lowest BCUT2D eigenvalue weighted by atomic mass is 10.2. The van der Waals surface area contributed by atoms with E-state index in [2.05, 4.69) is 4.98 Å². The highest BCUT2D eigenvalue weighted by Gasteiger charge is 2.31. The van der Waals surface area contributed by atoms with Crippen molar-refractivity contribution in [3.63, 3.8) is 0 Å². The van der Waals surface area contributed by atoms with Crippen molar-refractivity contribution in [1.82, 2.24) is 4.98 Å². The molecule has 1 aromatic rings. The number of thioether (sulfide) groups is 1. The van der Waals surface area contributed by atoms with Crippen LogP contribution in [0.4, 0.5) is 13.2 Å². The SMILES string of the molecule is CCSc1cc(C(F)(F)F)cnc1C. The van der Waals surface area contributed by atoms with Crippen molar-refractivity contribution in [2.24, 2.45) is 0 Å². The van der Waals surface area contributed by atoms with Crippen LogP contribution in [0.3, 0.4) is 0 Å². The predicted octanol–water partition coefficient (Wildman–Crippen LogP) is 3.52. The summed E-state index contributed by atoms with van der Waals surface area (Å²) in [6.45, 7) is 3.60. The van der Waals surface area contributed by atoms with Crippen molar-refractivity contribution in [2.45, 2.75) is 24.9 Å². The number of hydrogen-bond acceptors (Lipinski definition) is 2. The summed E-state index contributed by atoms with van der Waals surface area (Å²) in [6.07, 6.45) is -3.43. The number of rotatable bonds is 2. The van der Waals surface area contributed by atoms with Crippen LogP contribution in [-0.4, -0.2) is 10.7 Å². The Bertz CT molecular complexity index is 322. The summed E-state index contributed by atoms with van der Waals surface area (Å²) in [5, 5.41) is 0. The standard InChI is InChI=1S/C9H10F3NS/c1-3-14-8-4-7(9(10,11)12)5-13-6(8)2/h4-5H,3H2,1-2H3. The first-order valence-corrected chi connectivity index (χ1v) is 5.10. The van der Waals surface area contributed by atoms with Gasteiger partial charge in [-0.3, -0.25) is 4.98 Å². The van der Waals surface area contributed by atoms with Crippen LogP contribution in [0.15, 0.2) is 17.2 Å². The van der Waals surface area contributed by atoms with Crippen LogP contribution in [0.2, 0.25) is 0 Å². The monoisotopic (exact) mass is 221 g/mol. The van der Waals surface area contributed by atoms with Crippen LogP contribution in [0.1, 0.15) is 18.2 Å². The molecule has 78 valence electrons. The zero-order chi connectivity index (χ0) is 10.8. The molecule has 0 spiro atoms. The van der Waals surface area contributed by atoms with Crippen LogP contribution in [0.5, 0.6) is 0 Å². The van der Waals surface area contributed by atoms with Gasteiger partial charge in [0.15, 0.2) is 0 Å². The van der Waals surface area contributed by atoms with Gasteiger partial charge in [0.25, 0.3) is 0 Å². The first-order chi connectivity index (χ1) is 6.45. The number of hydrogen-bond donors (Lipinski definition) is 0. The number of pyridine rings is 1. The number of aryl methyl sites for hydroxylation is 1. The summed E-state index contributed by atoms with van der Waals surface area (Å²) in [4.78, 5) is 4.32. The smallest absolute Gasteiger partial charge is 0.260 e. The molecule has 5 heteroatoms.